The monoisotopic (exact) mass is 429 g/mol. The lowest BCUT2D eigenvalue weighted by molar-refractivity contribution is -0.119. The van der Waals surface area contributed by atoms with Crippen LogP contribution in [0.3, 0.4) is 0 Å². The van der Waals surface area contributed by atoms with Gasteiger partial charge in [0.15, 0.2) is 10.7 Å². The Morgan fingerprint density at radius 3 is 2.83 bits per heavy atom. The minimum absolute atomic E-state index is 0.0215. The van der Waals surface area contributed by atoms with Crippen molar-refractivity contribution in [1.29, 1.82) is 0 Å². The van der Waals surface area contributed by atoms with E-state index in [1.165, 1.54) is 31.0 Å². The number of nitrogens with zero attached hydrogens (tertiary/aromatic N) is 4. The van der Waals surface area contributed by atoms with Gasteiger partial charge in [-0.2, -0.15) is 5.10 Å². The zero-order valence-electron chi connectivity index (χ0n) is 17.4. The fourth-order valence-corrected chi connectivity index (χ4v) is 4.77. The van der Waals surface area contributed by atoms with E-state index in [1.54, 1.807) is 21.6 Å². The van der Waals surface area contributed by atoms with Gasteiger partial charge in [-0.15, -0.1) is 0 Å². The number of aryl methyl sites for hydroxylation is 2. The Kier molecular flexibility index (Phi) is 6.26. The Labute approximate surface area is 179 Å². The standard InChI is InChI=1S/C21H27N5O3S/c1-3-26-19-18(14(2)24-26)23-21(25(20(19)28)12-16-10-7-11-29-16)30-13-17(27)22-15-8-5-4-6-9-15/h7,10-11,15H,3-6,8-9,12-13H2,1-2H3,(H,22,27). The van der Waals surface area contributed by atoms with Crippen LogP contribution in [0.1, 0.15) is 50.5 Å². The van der Waals surface area contributed by atoms with Crippen LogP contribution in [0.5, 0.6) is 0 Å². The Balaban J connectivity index is 1.62. The summed E-state index contributed by atoms with van der Waals surface area (Å²) in [7, 11) is 0. The van der Waals surface area contributed by atoms with Gasteiger partial charge in [0, 0.05) is 12.6 Å². The number of rotatable bonds is 7. The summed E-state index contributed by atoms with van der Waals surface area (Å²) in [5.74, 6) is 0.853. The molecule has 1 saturated carbocycles. The molecule has 0 spiro atoms. The molecule has 1 amide bonds. The molecule has 3 aromatic rings. The molecule has 0 atom stereocenters. The third kappa shape index (κ3) is 4.30. The van der Waals surface area contributed by atoms with Crippen LogP contribution in [0.4, 0.5) is 0 Å². The second-order valence-electron chi connectivity index (χ2n) is 7.65. The molecule has 30 heavy (non-hydrogen) atoms. The van der Waals surface area contributed by atoms with Gasteiger partial charge >= 0.3 is 0 Å². The summed E-state index contributed by atoms with van der Waals surface area (Å²) in [5, 5.41) is 8.07. The number of thioether (sulfide) groups is 1. The molecule has 1 aliphatic rings. The SMILES string of the molecule is CCn1nc(C)c2nc(SCC(=O)NC3CCCCC3)n(Cc3ccco3)c(=O)c21. The number of furan rings is 1. The molecular formula is C21H27N5O3S. The Bertz CT molecular complexity index is 1080. The van der Waals surface area contributed by atoms with Crippen molar-refractivity contribution in [3.8, 4) is 0 Å². The van der Waals surface area contributed by atoms with Crippen LogP contribution in [0.25, 0.3) is 11.0 Å². The maximum absolute atomic E-state index is 13.3. The van der Waals surface area contributed by atoms with E-state index in [1.807, 2.05) is 19.9 Å². The van der Waals surface area contributed by atoms with E-state index >= 15 is 0 Å². The maximum atomic E-state index is 13.3. The zero-order valence-corrected chi connectivity index (χ0v) is 18.2. The Hall–Kier alpha value is -2.55. The first-order valence-corrected chi connectivity index (χ1v) is 11.5. The van der Waals surface area contributed by atoms with Crippen molar-refractivity contribution in [1.82, 2.24) is 24.6 Å². The molecule has 0 saturated heterocycles. The van der Waals surface area contributed by atoms with Crippen LogP contribution < -0.4 is 10.9 Å². The molecule has 9 heteroatoms. The molecule has 0 aromatic carbocycles. The summed E-state index contributed by atoms with van der Waals surface area (Å²) in [6.07, 6.45) is 7.24. The Morgan fingerprint density at radius 1 is 1.33 bits per heavy atom. The van der Waals surface area contributed by atoms with E-state index in [0.29, 0.717) is 34.2 Å². The van der Waals surface area contributed by atoms with E-state index in [0.717, 1.165) is 12.8 Å². The first-order valence-electron chi connectivity index (χ1n) is 10.5. The van der Waals surface area contributed by atoms with E-state index in [4.69, 9.17) is 9.40 Å². The molecule has 1 fully saturated rings. The van der Waals surface area contributed by atoms with E-state index in [-0.39, 0.29) is 29.8 Å². The fourth-order valence-electron chi connectivity index (χ4n) is 3.97. The number of carbonyl (C=O) groups excluding carboxylic acids is 1. The van der Waals surface area contributed by atoms with Gasteiger partial charge < -0.3 is 9.73 Å². The highest BCUT2D eigenvalue weighted by Gasteiger charge is 2.21. The third-order valence-corrected chi connectivity index (χ3v) is 6.45. The minimum Gasteiger partial charge on any atom is -0.467 e. The van der Waals surface area contributed by atoms with Crippen LogP contribution >= 0.6 is 11.8 Å². The van der Waals surface area contributed by atoms with E-state index in [2.05, 4.69) is 10.4 Å². The molecule has 3 aromatic heterocycles. The number of aromatic nitrogens is 4. The summed E-state index contributed by atoms with van der Waals surface area (Å²) in [6.45, 7) is 4.63. The van der Waals surface area contributed by atoms with Crippen LogP contribution in [-0.4, -0.2) is 37.0 Å². The maximum Gasteiger partial charge on any atom is 0.280 e. The second-order valence-corrected chi connectivity index (χ2v) is 8.60. The summed E-state index contributed by atoms with van der Waals surface area (Å²) >= 11 is 1.28. The zero-order chi connectivity index (χ0) is 21.1. The lowest BCUT2D eigenvalue weighted by Crippen LogP contribution is -2.37. The highest BCUT2D eigenvalue weighted by atomic mass is 32.2. The topological polar surface area (TPSA) is 95.0 Å². The van der Waals surface area contributed by atoms with Gasteiger partial charge in [-0.1, -0.05) is 31.0 Å². The molecule has 1 N–H and O–H groups in total. The normalized spacial score (nSPS) is 15.0. The summed E-state index contributed by atoms with van der Waals surface area (Å²) in [4.78, 5) is 30.6. The van der Waals surface area contributed by atoms with Crippen LogP contribution in [0.15, 0.2) is 32.8 Å². The van der Waals surface area contributed by atoms with Gasteiger partial charge in [-0.05, 0) is 38.8 Å². The van der Waals surface area contributed by atoms with Crippen molar-refractivity contribution in [3.05, 3.63) is 40.2 Å². The quantitative estimate of drug-likeness (QED) is 0.458. The lowest BCUT2D eigenvalue weighted by Gasteiger charge is -2.22. The third-order valence-electron chi connectivity index (χ3n) is 5.48. The van der Waals surface area contributed by atoms with Crippen molar-refractivity contribution < 1.29 is 9.21 Å². The van der Waals surface area contributed by atoms with Gasteiger partial charge in [-0.25, -0.2) is 4.98 Å². The van der Waals surface area contributed by atoms with Crippen molar-refractivity contribution in [2.24, 2.45) is 0 Å². The first kappa shape index (κ1) is 20.7. The van der Waals surface area contributed by atoms with Gasteiger partial charge in [0.05, 0.1) is 24.3 Å². The second kappa shape index (κ2) is 9.07. The van der Waals surface area contributed by atoms with Gasteiger partial charge in [-0.3, -0.25) is 18.8 Å². The van der Waals surface area contributed by atoms with Crippen molar-refractivity contribution in [2.75, 3.05) is 5.75 Å². The molecule has 8 nitrogen and oxygen atoms in total. The first-order chi connectivity index (χ1) is 14.6. The van der Waals surface area contributed by atoms with E-state index < -0.39 is 0 Å². The number of hydrogen-bond donors (Lipinski definition) is 1. The van der Waals surface area contributed by atoms with Crippen LogP contribution in [0, 0.1) is 6.92 Å². The molecule has 3 heterocycles. The van der Waals surface area contributed by atoms with Crippen molar-refractivity contribution >= 4 is 28.7 Å². The van der Waals surface area contributed by atoms with Gasteiger partial charge in [0.2, 0.25) is 5.91 Å². The average molecular weight is 430 g/mol. The molecule has 0 bridgehead atoms. The highest BCUT2D eigenvalue weighted by Crippen LogP contribution is 2.22. The molecule has 0 unspecified atom stereocenters. The predicted molar refractivity (Wildman–Crippen MR) is 116 cm³/mol. The van der Waals surface area contributed by atoms with E-state index in [9.17, 15) is 9.59 Å². The number of nitrogens with one attached hydrogen (secondary N) is 1. The average Bonchev–Trinajstić information content (AvgIpc) is 3.37. The molecule has 0 radical (unpaired) electrons. The van der Waals surface area contributed by atoms with Crippen molar-refractivity contribution in [3.63, 3.8) is 0 Å². The lowest BCUT2D eigenvalue weighted by atomic mass is 9.95. The largest absolute Gasteiger partial charge is 0.467 e. The highest BCUT2D eigenvalue weighted by molar-refractivity contribution is 7.99. The minimum atomic E-state index is -0.172. The number of carbonyl (C=O) groups is 1. The fraction of sp³-hybridized carbons (Fsp3) is 0.524. The van der Waals surface area contributed by atoms with Crippen LogP contribution in [0.2, 0.25) is 0 Å². The Morgan fingerprint density at radius 2 is 2.13 bits per heavy atom. The van der Waals surface area contributed by atoms with Crippen molar-refractivity contribution in [2.45, 2.75) is 70.2 Å². The molecule has 4 rings (SSSR count). The number of hydrogen-bond acceptors (Lipinski definition) is 6. The molecule has 160 valence electrons. The predicted octanol–water partition coefficient (Wildman–Crippen LogP) is 3.10. The van der Waals surface area contributed by atoms with Gasteiger partial charge in [0.25, 0.3) is 5.56 Å². The molecular weight excluding hydrogens is 402 g/mol. The molecule has 0 aliphatic heterocycles. The number of fused-ring (bicyclic) bond motifs is 1. The number of amides is 1. The van der Waals surface area contributed by atoms with Gasteiger partial charge in [0.1, 0.15) is 11.3 Å². The summed E-state index contributed by atoms with van der Waals surface area (Å²) < 4.78 is 8.71. The smallest absolute Gasteiger partial charge is 0.280 e. The summed E-state index contributed by atoms with van der Waals surface area (Å²) in [6, 6.07) is 3.87. The molecule has 1 aliphatic carbocycles. The van der Waals surface area contributed by atoms with Crippen LogP contribution in [-0.2, 0) is 17.9 Å². The summed E-state index contributed by atoms with van der Waals surface area (Å²) in [5.41, 5.74) is 1.61.